The Kier molecular flexibility index (Phi) is 3.64. The first-order valence-corrected chi connectivity index (χ1v) is 7.81. The smallest absolute Gasteiger partial charge is 0.241 e. The minimum Gasteiger partial charge on any atom is -0.388 e. The Morgan fingerprint density at radius 2 is 1.83 bits per heavy atom. The van der Waals surface area contributed by atoms with E-state index in [9.17, 15) is 8.42 Å². The van der Waals surface area contributed by atoms with Crippen LogP contribution in [-0.4, -0.2) is 21.0 Å². The molecular formula is C13H20N2O2S. The van der Waals surface area contributed by atoms with Crippen molar-refractivity contribution in [3.8, 4) is 0 Å². The van der Waals surface area contributed by atoms with E-state index in [1.807, 2.05) is 14.0 Å². The Balaban J connectivity index is 2.19. The molecule has 18 heavy (non-hydrogen) atoms. The molecule has 0 bridgehead atoms. The van der Waals surface area contributed by atoms with E-state index < -0.39 is 10.0 Å². The minimum atomic E-state index is -3.39. The van der Waals surface area contributed by atoms with Crippen molar-refractivity contribution >= 4 is 15.7 Å². The van der Waals surface area contributed by atoms with Crippen molar-refractivity contribution in [3.05, 3.63) is 24.3 Å². The second-order valence-electron chi connectivity index (χ2n) is 4.87. The van der Waals surface area contributed by atoms with Crippen LogP contribution in [-0.2, 0) is 10.0 Å². The van der Waals surface area contributed by atoms with E-state index in [4.69, 9.17) is 0 Å². The first-order valence-electron chi connectivity index (χ1n) is 6.33. The Bertz CT molecular complexity index is 499. The van der Waals surface area contributed by atoms with Crippen LogP contribution in [0, 0.1) is 0 Å². The average Bonchev–Trinajstić information content (AvgIpc) is 2.34. The zero-order valence-corrected chi connectivity index (χ0v) is 11.7. The fourth-order valence-electron chi connectivity index (χ4n) is 2.28. The van der Waals surface area contributed by atoms with E-state index in [2.05, 4.69) is 10.0 Å². The highest BCUT2D eigenvalue weighted by Crippen LogP contribution is 2.36. The molecule has 0 amide bonds. The minimum absolute atomic E-state index is 0.208. The topological polar surface area (TPSA) is 58.2 Å². The lowest BCUT2D eigenvalue weighted by atomic mass is 9.76. The molecule has 0 saturated heterocycles. The van der Waals surface area contributed by atoms with Crippen molar-refractivity contribution in [1.82, 2.24) is 4.72 Å². The van der Waals surface area contributed by atoms with Gasteiger partial charge in [0.15, 0.2) is 0 Å². The molecule has 0 atom stereocenters. The summed E-state index contributed by atoms with van der Waals surface area (Å²) in [6, 6.07) is 6.81. The van der Waals surface area contributed by atoms with Gasteiger partial charge in [-0.3, -0.25) is 0 Å². The van der Waals surface area contributed by atoms with Crippen LogP contribution in [0.5, 0.6) is 0 Å². The standard InChI is InChI=1S/C13H20N2O2S/c1-3-13(9-4-10-13)15-18(16,17)12-7-5-11(14-2)6-8-12/h5-8,14-15H,3-4,9-10H2,1-2H3. The van der Waals surface area contributed by atoms with E-state index in [0.29, 0.717) is 4.90 Å². The number of sulfonamides is 1. The molecule has 0 spiro atoms. The Labute approximate surface area is 109 Å². The molecule has 1 aromatic rings. The quantitative estimate of drug-likeness (QED) is 0.861. The van der Waals surface area contributed by atoms with Gasteiger partial charge in [-0.25, -0.2) is 13.1 Å². The van der Waals surface area contributed by atoms with Crippen molar-refractivity contribution in [2.24, 2.45) is 0 Å². The molecule has 0 heterocycles. The predicted molar refractivity (Wildman–Crippen MR) is 73.2 cm³/mol. The Hall–Kier alpha value is -1.07. The zero-order chi connectivity index (χ0) is 13.2. The summed E-state index contributed by atoms with van der Waals surface area (Å²) in [5, 5.41) is 2.97. The maximum absolute atomic E-state index is 12.3. The van der Waals surface area contributed by atoms with Gasteiger partial charge < -0.3 is 5.32 Å². The Morgan fingerprint density at radius 1 is 1.22 bits per heavy atom. The van der Waals surface area contributed by atoms with Gasteiger partial charge >= 0.3 is 0 Å². The van der Waals surface area contributed by atoms with Crippen molar-refractivity contribution in [1.29, 1.82) is 0 Å². The summed E-state index contributed by atoms with van der Waals surface area (Å²) in [5.41, 5.74) is 0.698. The third-order valence-electron chi connectivity index (χ3n) is 3.79. The van der Waals surface area contributed by atoms with Gasteiger partial charge in [-0.2, -0.15) is 0 Å². The maximum Gasteiger partial charge on any atom is 0.241 e. The lowest BCUT2D eigenvalue weighted by Crippen LogP contribution is -2.52. The monoisotopic (exact) mass is 268 g/mol. The van der Waals surface area contributed by atoms with Gasteiger partial charge in [-0.1, -0.05) is 6.92 Å². The van der Waals surface area contributed by atoms with Crippen LogP contribution in [0.25, 0.3) is 0 Å². The molecular weight excluding hydrogens is 248 g/mol. The third-order valence-corrected chi connectivity index (χ3v) is 5.39. The number of anilines is 1. The second kappa shape index (κ2) is 4.90. The van der Waals surface area contributed by atoms with Crippen molar-refractivity contribution in [3.63, 3.8) is 0 Å². The number of benzene rings is 1. The van der Waals surface area contributed by atoms with E-state index in [-0.39, 0.29) is 5.54 Å². The van der Waals surface area contributed by atoms with Crippen LogP contribution in [0.1, 0.15) is 32.6 Å². The highest BCUT2D eigenvalue weighted by atomic mass is 32.2. The molecule has 1 fully saturated rings. The highest BCUT2D eigenvalue weighted by molar-refractivity contribution is 7.89. The number of rotatable bonds is 5. The van der Waals surface area contributed by atoms with Crippen LogP contribution >= 0.6 is 0 Å². The van der Waals surface area contributed by atoms with Crippen LogP contribution in [0.15, 0.2) is 29.2 Å². The molecule has 1 saturated carbocycles. The SMILES string of the molecule is CCC1(NS(=O)(=O)c2ccc(NC)cc2)CCC1. The molecule has 2 rings (SSSR count). The van der Waals surface area contributed by atoms with Gasteiger partial charge in [0.05, 0.1) is 4.90 Å². The summed E-state index contributed by atoms with van der Waals surface area (Å²) >= 11 is 0. The fraction of sp³-hybridized carbons (Fsp3) is 0.538. The number of hydrogen-bond donors (Lipinski definition) is 2. The van der Waals surface area contributed by atoms with E-state index in [1.54, 1.807) is 24.3 Å². The summed E-state index contributed by atoms with van der Waals surface area (Å²) in [6.45, 7) is 2.03. The average molecular weight is 268 g/mol. The van der Waals surface area contributed by atoms with E-state index >= 15 is 0 Å². The molecule has 1 aromatic carbocycles. The van der Waals surface area contributed by atoms with Gasteiger partial charge in [-0.05, 0) is 49.9 Å². The molecule has 0 unspecified atom stereocenters. The first kappa shape index (κ1) is 13.4. The van der Waals surface area contributed by atoms with Crippen molar-refractivity contribution in [2.75, 3.05) is 12.4 Å². The summed E-state index contributed by atoms with van der Waals surface area (Å²) in [6.07, 6.45) is 3.84. The normalized spacial score (nSPS) is 18.1. The summed E-state index contributed by atoms with van der Waals surface area (Å²) in [4.78, 5) is 0.334. The van der Waals surface area contributed by atoms with Gasteiger partial charge in [0.2, 0.25) is 10.0 Å². The van der Waals surface area contributed by atoms with Crippen LogP contribution < -0.4 is 10.0 Å². The lowest BCUT2D eigenvalue weighted by molar-refractivity contribution is 0.214. The van der Waals surface area contributed by atoms with E-state index in [0.717, 1.165) is 31.4 Å². The third kappa shape index (κ3) is 2.52. The molecule has 100 valence electrons. The molecule has 1 aliphatic rings. The molecule has 4 nitrogen and oxygen atoms in total. The maximum atomic E-state index is 12.3. The molecule has 0 aliphatic heterocycles. The van der Waals surface area contributed by atoms with Crippen molar-refractivity contribution < 1.29 is 8.42 Å². The molecule has 5 heteroatoms. The second-order valence-corrected chi connectivity index (χ2v) is 6.55. The number of hydrogen-bond acceptors (Lipinski definition) is 3. The molecule has 2 N–H and O–H groups in total. The summed E-state index contributed by atoms with van der Waals surface area (Å²) in [7, 11) is -1.59. The molecule has 1 aliphatic carbocycles. The lowest BCUT2D eigenvalue weighted by Gasteiger charge is -2.41. The van der Waals surface area contributed by atoms with Crippen LogP contribution in [0.2, 0.25) is 0 Å². The van der Waals surface area contributed by atoms with Gasteiger partial charge in [-0.15, -0.1) is 0 Å². The van der Waals surface area contributed by atoms with Crippen LogP contribution in [0.3, 0.4) is 0 Å². The van der Waals surface area contributed by atoms with Crippen molar-refractivity contribution in [2.45, 2.75) is 43.0 Å². The molecule has 0 aromatic heterocycles. The van der Waals surface area contributed by atoms with Crippen LogP contribution in [0.4, 0.5) is 5.69 Å². The highest BCUT2D eigenvalue weighted by Gasteiger charge is 2.38. The Morgan fingerprint density at radius 3 is 2.22 bits per heavy atom. The molecule has 0 radical (unpaired) electrons. The van der Waals surface area contributed by atoms with Gasteiger partial charge in [0, 0.05) is 18.3 Å². The summed E-state index contributed by atoms with van der Waals surface area (Å²) in [5.74, 6) is 0. The van der Waals surface area contributed by atoms with E-state index in [1.165, 1.54) is 0 Å². The first-order chi connectivity index (χ1) is 8.51. The predicted octanol–water partition coefficient (Wildman–Crippen LogP) is 2.34. The number of nitrogens with one attached hydrogen (secondary N) is 2. The van der Waals surface area contributed by atoms with Gasteiger partial charge in [0.25, 0.3) is 0 Å². The largest absolute Gasteiger partial charge is 0.388 e. The fourth-order valence-corrected chi connectivity index (χ4v) is 3.81. The zero-order valence-electron chi connectivity index (χ0n) is 10.9. The van der Waals surface area contributed by atoms with Gasteiger partial charge in [0.1, 0.15) is 0 Å². The summed E-state index contributed by atoms with van der Waals surface area (Å²) < 4.78 is 27.4.